The number of rotatable bonds is 4. The minimum Gasteiger partial charge on any atom is -0.385 e. The molecule has 0 amide bonds. The summed E-state index contributed by atoms with van der Waals surface area (Å²) in [5, 5.41) is 11.6. The highest BCUT2D eigenvalue weighted by Gasteiger charge is 2.17. The van der Waals surface area contributed by atoms with E-state index < -0.39 is 0 Å². The fraction of sp³-hybridized carbons (Fsp3) is 0.286. The van der Waals surface area contributed by atoms with Crippen molar-refractivity contribution in [2.45, 2.75) is 25.4 Å². The van der Waals surface area contributed by atoms with Crippen LogP contribution in [0, 0.1) is 0 Å². The SMILES string of the molecule is Cn1cc(-c2cccc(CN[C@H]3CCCNc4ccccc43)c2)cn1. The van der Waals surface area contributed by atoms with Gasteiger partial charge in [-0.3, -0.25) is 4.68 Å². The molecule has 0 fully saturated rings. The lowest BCUT2D eigenvalue weighted by Gasteiger charge is -2.19. The van der Waals surface area contributed by atoms with Crippen LogP contribution in [0.1, 0.15) is 30.0 Å². The molecule has 1 aliphatic rings. The third-order valence-corrected chi connectivity index (χ3v) is 4.84. The Bertz CT molecular complexity index is 852. The molecule has 4 nitrogen and oxygen atoms in total. The summed E-state index contributed by atoms with van der Waals surface area (Å²) in [7, 11) is 1.95. The first kappa shape index (κ1) is 15.9. The first-order chi connectivity index (χ1) is 12.3. The van der Waals surface area contributed by atoms with E-state index in [9.17, 15) is 0 Å². The third kappa shape index (κ3) is 3.59. The average Bonchev–Trinajstić information content (AvgIpc) is 2.97. The van der Waals surface area contributed by atoms with Crippen molar-refractivity contribution in [3.8, 4) is 11.1 Å². The minimum absolute atomic E-state index is 0.397. The van der Waals surface area contributed by atoms with Gasteiger partial charge in [0.25, 0.3) is 0 Å². The first-order valence-corrected chi connectivity index (χ1v) is 8.94. The zero-order valence-corrected chi connectivity index (χ0v) is 14.6. The van der Waals surface area contributed by atoms with E-state index in [2.05, 4.69) is 70.5 Å². The predicted molar refractivity (Wildman–Crippen MR) is 102 cm³/mol. The van der Waals surface area contributed by atoms with E-state index in [0.29, 0.717) is 6.04 Å². The zero-order valence-electron chi connectivity index (χ0n) is 14.6. The van der Waals surface area contributed by atoms with Crippen molar-refractivity contribution in [3.05, 3.63) is 72.1 Å². The van der Waals surface area contributed by atoms with E-state index in [1.807, 2.05) is 17.9 Å². The van der Waals surface area contributed by atoms with E-state index in [1.165, 1.54) is 28.8 Å². The second-order valence-corrected chi connectivity index (χ2v) is 6.69. The van der Waals surface area contributed by atoms with Crippen LogP contribution in [-0.2, 0) is 13.6 Å². The Balaban J connectivity index is 1.50. The molecule has 2 heterocycles. The quantitative estimate of drug-likeness (QED) is 0.755. The van der Waals surface area contributed by atoms with E-state index in [4.69, 9.17) is 0 Å². The van der Waals surface area contributed by atoms with Crippen LogP contribution in [0.2, 0.25) is 0 Å². The summed E-state index contributed by atoms with van der Waals surface area (Å²) in [6, 6.07) is 17.8. The zero-order chi connectivity index (χ0) is 17.1. The molecule has 0 radical (unpaired) electrons. The van der Waals surface area contributed by atoms with Crippen LogP contribution in [0.25, 0.3) is 11.1 Å². The van der Waals surface area contributed by atoms with Crippen LogP contribution in [0.4, 0.5) is 5.69 Å². The second kappa shape index (κ2) is 7.11. The van der Waals surface area contributed by atoms with Crippen molar-refractivity contribution >= 4 is 5.69 Å². The van der Waals surface area contributed by atoms with Crippen molar-refractivity contribution < 1.29 is 0 Å². The highest BCUT2D eigenvalue weighted by Crippen LogP contribution is 2.29. The van der Waals surface area contributed by atoms with Gasteiger partial charge in [-0.1, -0.05) is 36.4 Å². The lowest BCUT2D eigenvalue weighted by atomic mass is 10.0. The molecule has 1 atom stereocenters. The van der Waals surface area contributed by atoms with Gasteiger partial charge in [-0.2, -0.15) is 5.10 Å². The highest BCUT2D eigenvalue weighted by atomic mass is 15.2. The van der Waals surface area contributed by atoms with E-state index in [0.717, 1.165) is 25.1 Å². The molecule has 4 heteroatoms. The molecule has 0 aliphatic carbocycles. The van der Waals surface area contributed by atoms with Gasteiger partial charge in [-0.15, -0.1) is 0 Å². The molecule has 0 spiro atoms. The van der Waals surface area contributed by atoms with Crippen LogP contribution >= 0.6 is 0 Å². The fourth-order valence-electron chi connectivity index (χ4n) is 3.53. The lowest BCUT2D eigenvalue weighted by molar-refractivity contribution is 0.497. The Hall–Kier alpha value is -2.59. The molecule has 4 rings (SSSR count). The van der Waals surface area contributed by atoms with E-state index in [-0.39, 0.29) is 0 Å². The fourth-order valence-corrected chi connectivity index (χ4v) is 3.53. The number of fused-ring (bicyclic) bond motifs is 1. The van der Waals surface area contributed by atoms with Gasteiger partial charge in [-0.25, -0.2) is 0 Å². The predicted octanol–water partition coefficient (Wildman–Crippen LogP) is 4.12. The maximum absolute atomic E-state index is 4.27. The summed E-state index contributed by atoms with van der Waals surface area (Å²) >= 11 is 0. The number of hydrogen-bond donors (Lipinski definition) is 2. The van der Waals surface area contributed by atoms with Crippen LogP contribution in [0.5, 0.6) is 0 Å². The Morgan fingerprint density at radius 1 is 1.16 bits per heavy atom. The molecule has 2 aromatic carbocycles. The van der Waals surface area contributed by atoms with E-state index >= 15 is 0 Å². The Morgan fingerprint density at radius 3 is 2.96 bits per heavy atom. The van der Waals surface area contributed by atoms with Crippen molar-refractivity contribution in [3.63, 3.8) is 0 Å². The van der Waals surface area contributed by atoms with Crippen LogP contribution < -0.4 is 10.6 Å². The smallest absolute Gasteiger partial charge is 0.0568 e. The summed E-state index contributed by atoms with van der Waals surface area (Å²) < 4.78 is 1.84. The van der Waals surface area contributed by atoms with Gasteiger partial charge in [0.2, 0.25) is 0 Å². The van der Waals surface area contributed by atoms with Gasteiger partial charge < -0.3 is 10.6 Å². The topological polar surface area (TPSA) is 41.9 Å². The first-order valence-electron chi connectivity index (χ1n) is 8.94. The van der Waals surface area contributed by atoms with Gasteiger partial charge in [0.15, 0.2) is 0 Å². The second-order valence-electron chi connectivity index (χ2n) is 6.69. The molecule has 1 aromatic heterocycles. The number of aromatic nitrogens is 2. The maximum atomic E-state index is 4.27. The third-order valence-electron chi connectivity index (χ3n) is 4.84. The number of anilines is 1. The Kier molecular flexibility index (Phi) is 4.53. The Morgan fingerprint density at radius 2 is 2.08 bits per heavy atom. The number of nitrogens with zero attached hydrogens (tertiary/aromatic N) is 2. The maximum Gasteiger partial charge on any atom is 0.0568 e. The van der Waals surface area contributed by atoms with Crippen molar-refractivity contribution in [2.24, 2.45) is 7.05 Å². The average molecular weight is 332 g/mol. The Labute approximate surface area is 148 Å². The van der Waals surface area contributed by atoms with Gasteiger partial charge >= 0.3 is 0 Å². The molecule has 0 bridgehead atoms. The molecule has 1 aliphatic heterocycles. The molecular formula is C21H24N4. The van der Waals surface area contributed by atoms with Crippen molar-refractivity contribution in [1.82, 2.24) is 15.1 Å². The summed E-state index contributed by atoms with van der Waals surface area (Å²) in [4.78, 5) is 0. The molecule has 3 aromatic rings. The number of aryl methyl sites for hydroxylation is 1. The van der Waals surface area contributed by atoms with Gasteiger partial charge in [0.05, 0.1) is 6.20 Å². The summed E-state index contributed by atoms with van der Waals surface area (Å²) in [5.74, 6) is 0. The molecule has 25 heavy (non-hydrogen) atoms. The van der Waals surface area contributed by atoms with Gasteiger partial charge in [0, 0.05) is 43.6 Å². The number of nitrogens with one attached hydrogen (secondary N) is 2. The van der Waals surface area contributed by atoms with Crippen LogP contribution in [0.15, 0.2) is 60.9 Å². The molecular weight excluding hydrogens is 308 g/mol. The molecule has 2 N–H and O–H groups in total. The number of para-hydroxylation sites is 1. The normalized spacial score (nSPS) is 16.8. The summed E-state index contributed by atoms with van der Waals surface area (Å²) in [5.41, 5.74) is 6.32. The highest BCUT2D eigenvalue weighted by molar-refractivity contribution is 5.62. The van der Waals surface area contributed by atoms with Crippen molar-refractivity contribution in [1.29, 1.82) is 0 Å². The summed E-state index contributed by atoms with van der Waals surface area (Å²) in [6.07, 6.45) is 6.31. The molecule has 0 unspecified atom stereocenters. The lowest BCUT2D eigenvalue weighted by Crippen LogP contribution is -2.20. The van der Waals surface area contributed by atoms with E-state index in [1.54, 1.807) is 0 Å². The number of benzene rings is 2. The van der Waals surface area contributed by atoms with Crippen molar-refractivity contribution in [2.75, 3.05) is 11.9 Å². The largest absolute Gasteiger partial charge is 0.385 e. The molecule has 128 valence electrons. The molecule has 0 saturated carbocycles. The van der Waals surface area contributed by atoms with Crippen LogP contribution in [0.3, 0.4) is 0 Å². The number of hydrogen-bond acceptors (Lipinski definition) is 3. The minimum atomic E-state index is 0.397. The molecule has 0 saturated heterocycles. The van der Waals surface area contributed by atoms with Gasteiger partial charge in [0.1, 0.15) is 0 Å². The standard InChI is InChI=1S/C21H24N4/c1-25-15-18(14-24-25)17-7-4-6-16(12-17)13-23-21-10-5-11-22-20-9-3-2-8-19(20)21/h2-4,6-9,12,14-15,21-23H,5,10-11,13H2,1H3/t21-/m0/s1. The monoisotopic (exact) mass is 332 g/mol. The summed E-state index contributed by atoms with van der Waals surface area (Å²) in [6.45, 7) is 1.92. The van der Waals surface area contributed by atoms with Gasteiger partial charge in [-0.05, 0) is 41.7 Å². The van der Waals surface area contributed by atoms with Crippen LogP contribution in [-0.4, -0.2) is 16.3 Å².